The van der Waals surface area contributed by atoms with Crippen molar-refractivity contribution in [2.45, 2.75) is 39.8 Å². The van der Waals surface area contributed by atoms with Crippen LogP contribution in [-0.4, -0.2) is 26.1 Å². The lowest BCUT2D eigenvalue weighted by Crippen LogP contribution is -2.26. The summed E-state index contributed by atoms with van der Waals surface area (Å²) in [4.78, 5) is 0. The van der Waals surface area contributed by atoms with Crippen LogP contribution < -0.4 is 5.32 Å². The first-order valence-corrected chi connectivity index (χ1v) is 7.29. The van der Waals surface area contributed by atoms with Gasteiger partial charge in [-0.2, -0.15) is 10.2 Å². The van der Waals surface area contributed by atoms with Crippen molar-refractivity contribution < 1.29 is 0 Å². The van der Waals surface area contributed by atoms with Crippen molar-refractivity contribution in [1.29, 1.82) is 0 Å². The number of aromatic nitrogens is 4. The van der Waals surface area contributed by atoms with Gasteiger partial charge in [0, 0.05) is 24.8 Å². The second-order valence-electron chi connectivity index (χ2n) is 5.25. The van der Waals surface area contributed by atoms with Crippen LogP contribution in [0, 0.1) is 6.92 Å². The molecule has 1 unspecified atom stereocenters. The molecular formula is C14H22ClN5. The highest BCUT2D eigenvalue weighted by Gasteiger charge is 2.25. The summed E-state index contributed by atoms with van der Waals surface area (Å²) in [6.07, 6.45) is 3.75. The number of hydrogen-bond acceptors (Lipinski definition) is 3. The van der Waals surface area contributed by atoms with E-state index in [1.54, 1.807) is 6.20 Å². The van der Waals surface area contributed by atoms with E-state index in [4.69, 9.17) is 11.6 Å². The average molecular weight is 296 g/mol. The fourth-order valence-corrected chi connectivity index (χ4v) is 2.73. The molecule has 0 aromatic carbocycles. The fourth-order valence-electron chi connectivity index (χ4n) is 2.49. The molecule has 2 aromatic rings. The SMILES string of the molecule is CCNC(c1cn(C)nc1C)c1c(Cl)cnn1C(C)C. The minimum absolute atomic E-state index is 0.00565. The molecule has 5 nitrogen and oxygen atoms in total. The zero-order chi connectivity index (χ0) is 14.9. The molecule has 2 rings (SSSR count). The Hall–Kier alpha value is -1.33. The summed E-state index contributed by atoms with van der Waals surface area (Å²) in [5.74, 6) is 0. The standard InChI is InChI=1S/C14H22ClN5/c1-6-16-13(11-8-19(5)18-10(11)4)14-12(15)7-17-20(14)9(2)3/h7-9,13,16H,6H2,1-5H3. The third-order valence-corrected chi connectivity index (χ3v) is 3.61. The summed E-state index contributed by atoms with van der Waals surface area (Å²) in [5, 5.41) is 13.0. The number of nitrogens with zero attached hydrogens (tertiary/aromatic N) is 4. The Kier molecular flexibility index (Phi) is 4.50. The van der Waals surface area contributed by atoms with E-state index in [0.29, 0.717) is 5.02 Å². The third-order valence-electron chi connectivity index (χ3n) is 3.32. The van der Waals surface area contributed by atoms with Gasteiger partial charge in [-0.1, -0.05) is 18.5 Å². The molecule has 6 heteroatoms. The van der Waals surface area contributed by atoms with Gasteiger partial charge in [0.25, 0.3) is 0 Å². The normalized spacial score (nSPS) is 13.2. The smallest absolute Gasteiger partial charge is 0.0837 e. The van der Waals surface area contributed by atoms with E-state index in [1.165, 1.54) is 0 Å². The van der Waals surface area contributed by atoms with Crippen molar-refractivity contribution in [2.24, 2.45) is 7.05 Å². The molecule has 110 valence electrons. The van der Waals surface area contributed by atoms with Gasteiger partial charge in [-0.15, -0.1) is 0 Å². The lowest BCUT2D eigenvalue weighted by atomic mass is 10.0. The summed E-state index contributed by atoms with van der Waals surface area (Å²) in [7, 11) is 1.93. The van der Waals surface area contributed by atoms with Crippen molar-refractivity contribution in [2.75, 3.05) is 6.54 Å². The van der Waals surface area contributed by atoms with E-state index < -0.39 is 0 Å². The molecule has 0 radical (unpaired) electrons. The van der Waals surface area contributed by atoms with Crippen molar-refractivity contribution in [3.63, 3.8) is 0 Å². The summed E-state index contributed by atoms with van der Waals surface area (Å²) in [6, 6.07) is 0.265. The predicted octanol–water partition coefficient (Wildman–Crippen LogP) is 2.86. The molecule has 1 N–H and O–H groups in total. The van der Waals surface area contributed by atoms with Gasteiger partial charge in [-0.25, -0.2) is 0 Å². The summed E-state index contributed by atoms with van der Waals surface area (Å²) in [6.45, 7) is 9.16. The minimum atomic E-state index is 0.00565. The van der Waals surface area contributed by atoms with Gasteiger partial charge < -0.3 is 5.32 Å². The number of hydrogen-bond donors (Lipinski definition) is 1. The van der Waals surface area contributed by atoms with E-state index >= 15 is 0 Å². The first kappa shape index (κ1) is 15.1. The Morgan fingerprint density at radius 3 is 2.60 bits per heavy atom. The molecule has 0 fully saturated rings. The van der Waals surface area contributed by atoms with E-state index in [2.05, 4.69) is 36.3 Å². The highest BCUT2D eigenvalue weighted by molar-refractivity contribution is 6.31. The first-order valence-electron chi connectivity index (χ1n) is 6.92. The largest absolute Gasteiger partial charge is 0.305 e. The Labute approximate surface area is 124 Å². The molecule has 2 heterocycles. The molecule has 1 atom stereocenters. The molecule has 0 saturated heterocycles. The molecule has 0 aliphatic rings. The Morgan fingerprint density at radius 1 is 1.40 bits per heavy atom. The zero-order valence-electron chi connectivity index (χ0n) is 12.7. The number of nitrogens with one attached hydrogen (secondary N) is 1. The molecule has 20 heavy (non-hydrogen) atoms. The van der Waals surface area contributed by atoms with Crippen LogP contribution in [0.1, 0.15) is 49.8 Å². The Morgan fingerprint density at radius 2 is 2.10 bits per heavy atom. The molecular weight excluding hydrogens is 274 g/mol. The van der Waals surface area contributed by atoms with Gasteiger partial charge in [-0.05, 0) is 27.3 Å². The maximum Gasteiger partial charge on any atom is 0.0837 e. The van der Waals surface area contributed by atoms with Crippen LogP contribution in [0.5, 0.6) is 0 Å². The topological polar surface area (TPSA) is 47.7 Å². The van der Waals surface area contributed by atoms with E-state index in [0.717, 1.165) is 23.5 Å². The number of halogens is 1. The van der Waals surface area contributed by atoms with Crippen LogP contribution in [0.4, 0.5) is 0 Å². The van der Waals surface area contributed by atoms with Crippen molar-refractivity contribution in [1.82, 2.24) is 24.9 Å². The highest BCUT2D eigenvalue weighted by Crippen LogP contribution is 2.31. The third kappa shape index (κ3) is 2.74. The lowest BCUT2D eigenvalue weighted by molar-refractivity contribution is 0.475. The first-order chi connectivity index (χ1) is 9.45. The molecule has 0 aliphatic carbocycles. The van der Waals surface area contributed by atoms with Crippen LogP contribution in [0.2, 0.25) is 5.02 Å². The fraction of sp³-hybridized carbons (Fsp3) is 0.571. The molecule has 0 saturated carbocycles. The number of aryl methyl sites for hydroxylation is 2. The summed E-state index contributed by atoms with van der Waals surface area (Å²) >= 11 is 6.38. The minimum Gasteiger partial charge on any atom is -0.305 e. The Balaban J connectivity index is 2.54. The van der Waals surface area contributed by atoms with Gasteiger partial charge in [0.05, 0.1) is 28.6 Å². The van der Waals surface area contributed by atoms with Crippen LogP contribution in [0.15, 0.2) is 12.4 Å². The maximum absolute atomic E-state index is 6.38. The van der Waals surface area contributed by atoms with Crippen LogP contribution in [-0.2, 0) is 7.05 Å². The van der Waals surface area contributed by atoms with Gasteiger partial charge in [0.2, 0.25) is 0 Å². The van der Waals surface area contributed by atoms with Crippen molar-refractivity contribution in [3.8, 4) is 0 Å². The average Bonchev–Trinajstić information content (AvgIpc) is 2.90. The van der Waals surface area contributed by atoms with Gasteiger partial charge >= 0.3 is 0 Å². The van der Waals surface area contributed by atoms with E-state index in [9.17, 15) is 0 Å². The van der Waals surface area contributed by atoms with Crippen molar-refractivity contribution in [3.05, 3.63) is 34.4 Å². The van der Waals surface area contributed by atoms with Crippen LogP contribution >= 0.6 is 11.6 Å². The second-order valence-corrected chi connectivity index (χ2v) is 5.66. The highest BCUT2D eigenvalue weighted by atomic mass is 35.5. The zero-order valence-corrected chi connectivity index (χ0v) is 13.4. The summed E-state index contributed by atoms with van der Waals surface area (Å²) < 4.78 is 3.81. The Bertz CT molecular complexity index is 584. The van der Waals surface area contributed by atoms with E-state index in [1.807, 2.05) is 29.5 Å². The van der Waals surface area contributed by atoms with E-state index in [-0.39, 0.29) is 12.1 Å². The quantitative estimate of drug-likeness (QED) is 0.923. The molecule has 0 amide bonds. The maximum atomic E-state index is 6.38. The monoisotopic (exact) mass is 295 g/mol. The van der Waals surface area contributed by atoms with Gasteiger partial charge in [0.15, 0.2) is 0 Å². The van der Waals surface area contributed by atoms with Crippen LogP contribution in [0.3, 0.4) is 0 Å². The second kappa shape index (κ2) is 5.97. The lowest BCUT2D eigenvalue weighted by Gasteiger charge is -2.21. The molecule has 0 spiro atoms. The van der Waals surface area contributed by atoms with Gasteiger partial charge in [0.1, 0.15) is 0 Å². The van der Waals surface area contributed by atoms with Gasteiger partial charge in [-0.3, -0.25) is 9.36 Å². The molecule has 0 bridgehead atoms. The number of rotatable bonds is 5. The van der Waals surface area contributed by atoms with Crippen molar-refractivity contribution >= 4 is 11.6 Å². The predicted molar refractivity (Wildman–Crippen MR) is 81.1 cm³/mol. The van der Waals surface area contributed by atoms with Crippen LogP contribution in [0.25, 0.3) is 0 Å². The molecule has 0 aliphatic heterocycles. The molecule has 2 aromatic heterocycles. The summed E-state index contributed by atoms with van der Waals surface area (Å²) in [5.41, 5.74) is 3.14.